The van der Waals surface area contributed by atoms with E-state index in [-0.39, 0.29) is 5.91 Å². The van der Waals surface area contributed by atoms with E-state index in [2.05, 4.69) is 27.3 Å². The van der Waals surface area contributed by atoms with E-state index in [9.17, 15) is 4.79 Å². The van der Waals surface area contributed by atoms with Crippen LogP contribution >= 0.6 is 0 Å². The summed E-state index contributed by atoms with van der Waals surface area (Å²) >= 11 is 0. The zero-order chi connectivity index (χ0) is 19.1. The Hall–Kier alpha value is -2.60. The van der Waals surface area contributed by atoms with Crippen LogP contribution in [0, 0.1) is 5.92 Å². The first-order valence-corrected chi connectivity index (χ1v) is 9.52. The van der Waals surface area contributed by atoms with Gasteiger partial charge in [0.05, 0.1) is 12.7 Å². The normalized spacial score (nSPS) is 16.4. The number of benzene rings is 1. The minimum Gasteiger partial charge on any atom is -0.497 e. The summed E-state index contributed by atoms with van der Waals surface area (Å²) in [5.41, 5.74) is 7.57. The van der Waals surface area contributed by atoms with Crippen LogP contribution in [-0.2, 0) is 6.42 Å². The van der Waals surface area contributed by atoms with Crippen molar-refractivity contribution in [3.8, 4) is 5.75 Å². The summed E-state index contributed by atoms with van der Waals surface area (Å²) in [5, 5.41) is 2.96. The topological polar surface area (TPSA) is 80.5 Å². The number of nitrogens with two attached hydrogens (primary N) is 1. The van der Waals surface area contributed by atoms with Crippen molar-refractivity contribution >= 4 is 11.7 Å². The lowest BCUT2D eigenvalue weighted by Gasteiger charge is -2.17. The third-order valence-electron chi connectivity index (χ3n) is 5.04. The maximum absolute atomic E-state index is 12.3. The minimum atomic E-state index is -0.0787. The van der Waals surface area contributed by atoms with E-state index in [1.807, 2.05) is 24.3 Å². The molecule has 0 saturated carbocycles. The summed E-state index contributed by atoms with van der Waals surface area (Å²) in [6, 6.07) is 11.8. The highest BCUT2D eigenvalue weighted by molar-refractivity contribution is 5.94. The van der Waals surface area contributed by atoms with Gasteiger partial charge in [-0.2, -0.15) is 0 Å². The Balaban J connectivity index is 1.42. The maximum Gasteiger partial charge on any atom is 0.252 e. The SMILES string of the molecule is COc1ccc(CCCNC(=O)c2ccc(N3CC[C@H](CN)C3)nc2)cc1. The number of ether oxygens (including phenoxy) is 1. The average Bonchev–Trinajstić information content (AvgIpc) is 3.21. The van der Waals surface area contributed by atoms with Gasteiger partial charge in [-0.15, -0.1) is 0 Å². The lowest BCUT2D eigenvalue weighted by atomic mass is 10.1. The smallest absolute Gasteiger partial charge is 0.252 e. The van der Waals surface area contributed by atoms with Crippen molar-refractivity contribution in [1.82, 2.24) is 10.3 Å². The number of carbonyl (C=O) groups is 1. The summed E-state index contributed by atoms with van der Waals surface area (Å²) in [4.78, 5) is 19.0. The number of pyridine rings is 1. The van der Waals surface area contributed by atoms with Crippen LogP contribution in [0.5, 0.6) is 5.75 Å². The van der Waals surface area contributed by atoms with Gasteiger partial charge in [-0.1, -0.05) is 12.1 Å². The van der Waals surface area contributed by atoms with Gasteiger partial charge in [0.2, 0.25) is 0 Å². The standard InChI is InChI=1S/C21H28N4O2/c1-27-19-7-4-16(5-8-19)3-2-11-23-21(26)18-6-9-20(24-14-18)25-12-10-17(13-22)15-25/h4-9,14,17H,2-3,10-13,15,22H2,1H3,(H,23,26)/t17-/m1/s1. The van der Waals surface area contributed by atoms with Gasteiger partial charge in [-0.3, -0.25) is 4.79 Å². The van der Waals surface area contributed by atoms with E-state index in [1.165, 1.54) is 5.56 Å². The largest absolute Gasteiger partial charge is 0.497 e. The van der Waals surface area contributed by atoms with Crippen molar-refractivity contribution in [2.75, 3.05) is 38.2 Å². The number of aromatic nitrogens is 1. The Labute approximate surface area is 160 Å². The Kier molecular flexibility index (Phi) is 6.65. The number of amides is 1. The molecule has 3 rings (SSSR count). The molecule has 0 unspecified atom stereocenters. The summed E-state index contributed by atoms with van der Waals surface area (Å²) in [5.74, 6) is 2.24. The molecule has 144 valence electrons. The van der Waals surface area contributed by atoms with Gasteiger partial charge in [0, 0.05) is 25.8 Å². The monoisotopic (exact) mass is 368 g/mol. The van der Waals surface area contributed by atoms with Crippen molar-refractivity contribution in [2.24, 2.45) is 11.7 Å². The molecule has 0 aliphatic carbocycles. The van der Waals surface area contributed by atoms with E-state index in [1.54, 1.807) is 13.3 Å². The molecule has 0 bridgehead atoms. The molecular formula is C21H28N4O2. The van der Waals surface area contributed by atoms with Crippen molar-refractivity contribution in [2.45, 2.75) is 19.3 Å². The fourth-order valence-corrected chi connectivity index (χ4v) is 3.33. The van der Waals surface area contributed by atoms with Gasteiger partial charge in [0.15, 0.2) is 0 Å². The number of methoxy groups -OCH3 is 1. The van der Waals surface area contributed by atoms with E-state index < -0.39 is 0 Å². The molecule has 6 nitrogen and oxygen atoms in total. The number of hydrogen-bond acceptors (Lipinski definition) is 5. The van der Waals surface area contributed by atoms with Crippen LogP contribution in [0.15, 0.2) is 42.6 Å². The lowest BCUT2D eigenvalue weighted by molar-refractivity contribution is 0.0953. The summed E-state index contributed by atoms with van der Waals surface area (Å²) in [6.45, 7) is 3.27. The highest BCUT2D eigenvalue weighted by atomic mass is 16.5. The zero-order valence-corrected chi connectivity index (χ0v) is 15.9. The van der Waals surface area contributed by atoms with E-state index in [0.717, 1.165) is 43.9 Å². The van der Waals surface area contributed by atoms with Crippen LogP contribution < -0.4 is 20.7 Å². The first-order valence-electron chi connectivity index (χ1n) is 9.52. The van der Waals surface area contributed by atoms with Crippen LogP contribution in [0.1, 0.15) is 28.8 Å². The quantitative estimate of drug-likeness (QED) is 0.699. The van der Waals surface area contributed by atoms with Crippen molar-refractivity contribution in [3.05, 3.63) is 53.7 Å². The third kappa shape index (κ3) is 5.20. The molecule has 0 spiro atoms. The molecule has 2 aromatic rings. The highest BCUT2D eigenvalue weighted by Gasteiger charge is 2.22. The Morgan fingerprint density at radius 1 is 1.30 bits per heavy atom. The number of hydrogen-bond donors (Lipinski definition) is 2. The van der Waals surface area contributed by atoms with Gasteiger partial charge in [-0.05, 0) is 61.6 Å². The molecule has 1 fully saturated rings. The summed E-state index contributed by atoms with van der Waals surface area (Å²) < 4.78 is 5.16. The summed E-state index contributed by atoms with van der Waals surface area (Å²) in [6.07, 6.45) is 4.56. The first kappa shape index (κ1) is 19.2. The second kappa shape index (κ2) is 9.37. The molecule has 1 aliphatic heterocycles. The first-order chi connectivity index (χ1) is 13.2. The van der Waals surface area contributed by atoms with Gasteiger partial charge in [0.1, 0.15) is 11.6 Å². The van der Waals surface area contributed by atoms with Crippen molar-refractivity contribution in [1.29, 1.82) is 0 Å². The van der Waals surface area contributed by atoms with Gasteiger partial charge in [0.25, 0.3) is 5.91 Å². The van der Waals surface area contributed by atoms with E-state index >= 15 is 0 Å². The highest BCUT2D eigenvalue weighted by Crippen LogP contribution is 2.21. The second-order valence-electron chi connectivity index (χ2n) is 6.95. The van der Waals surface area contributed by atoms with Crippen molar-refractivity contribution in [3.63, 3.8) is 0 Å². The van der Waals surface area contributed by atoms with Crippen LogP contribution in [-0.4, -0.2) is 44.2 Å². The van der Waals surface area contributed by atoms with Crippen molar-refractivity contribution < 1.29 is 9.53 Å². The molecule has 1 atom stereocenters. The number of rotatable bonds is 8. The predicted octanol–water partition coefficient (Wildman–Crippen LogP) is 2.24. The Bertz CT molecular complexity index is 731. The second-order valence-corrected chi connectivity index (χ2v) is 6.95. The average molecular weight is 368 g/mol. The molecule has 6 heteroatoms. The van der Waals surface area contributed by atoms with Crippen LogP contribution in [0.4, 0.5) is 5.82 Å². The van der Waals surface area contributed by atoms with Crippen LogP contribution in [0.2, 0.25) is 0 Å². The molecule has 1 amide bonds. The molecule has 1 saturated heterocycles. The minimum absolute atomic E-state index is 0.0787. The molecule has 1 aromatic carbocycles. The maximum atomic E-state index is 12.3. The van der Waals surface area contributed by atoms with Gasteiger partial charge in [-0.25, -0.2) is 4.98 Å². The Morgan fingerprint density at radius 3 is 2.74 bits per heavy atom. The molecule has 1 aromatic heterocycles. The van der Waals surface area contributed by atoms with Gasteiger partial charge < -0.3 is 20.7 Å². The fourth-order valence-electron chi connectivity index (χ4n) is 3.33. The molecule has 1 aliphatic rings. The number of nitrogens with one attached hydrogen (secondary N) is 1. The number of carbonyl (C=O) groups excluding carboxylic acids is 1. The molecular weight excluding hydrogens is 340 g/mol. The fraction of sp³-hybridized carbons (Fsp3) is 0.429. The Morgan fingerprint density at radius 2 is 2.11 bits per heavy atom. The molecule has 0 radical (unpaired) electrons. The number of aryl methyl sites for hydroxylation is 1. The van der Waals surface area contributed by atoms with Crippen LogP contribution in [0.25, 0.3) is 0 Å². The predicted molar refractivity (Wildman–Crippen MR) is 107 cm³/mol. The number of anilines is 1. The lowest BCUT2D eigenvalue weighted by Crippen LogP contribution is -2.26. The summed E-state index contributed by atoms with van der Waals surface area (Å²) in [7, 11) is 1.66. The van der Waals surface area contributed by atoms with E-state index in [0.29, 0.717) is 24.6 Å². The third-order valence-corrected chi connectivity index (χ3v) is 5.04. The molecule has 27 heavy (non-hydrogen) atoms. The van der Waals surface area contributed by atoms with Crippen LogP contribution in [0.3, 0.4) is 0 Å². The molecule has 2 heterocycles. The van der Waals surface area contributed by atoms with E-state index in [4.69, 9.17) is 10.5 Å². The number of nitrogens with zero attached hydrogens (tertiary/aromatic N) is 2. The van der Waals surface area contributed by atoms with Gasteiger partial charge >= 0.3 is 0 Å². The molecule has 3 N–H and O–H groups in total. The zero-order valence-electron chi connectivity index (χ0n) is 15.9.